The van der Waals surface area contributed by atoms with Gasteiger partial charge in [-0.15, -0.1) is 11.8 Å². The third kappa shape index (κ3) is 6.02. The van der Waals surface area contributed by atoms with Gasteiger partial charge in [0.1, 0.15) is 0 Å². The Kier molecular flexibility index (Phi) is 7.67. The normalized spacial score (nSPS) is 14.9. The summed E-state index contributed by atoms with van der Waals surface area (Å²) < 4.78 is 0. The molecule has 0 bridgehead atoms. The molecule has 1 amide bonds. The fraction of sp³-hybridized carbons (Fsp3) is 0.321. The fourth-order valence-electron chi connectivity index (χ4n) is 4.26. The molecule has 32 heavy (non-hydrogen) atoms. The molecule has 166 valence electrons. The Labute approximate surface area is 196 Å². The lowest BCUT2D eigenvalue weighted by Crippen LogP contribution is -2.38. The van der Waals surface area contributed by atoms with Crippen LogP contribution in [0.15, 0.2) is 77.7 Å². The molecule has 0 saturated carbocycles. The van der Waals surface area contributed by atoms with E-state index in [1.165, 1.54) is 21.6 Å². The van der Waals surface area contributed by atoms with Crippen molar-refractivity contribution in [2.75, 3.05) is 18.4 Å². The van der Waals surface area contributed by atoms with Crippen LogP contribution in [0.4, 0.5) is 5.69 Å². The second-order valence-electron chi connectivity index (χ2n) is 8.72. The highest BCUT2D eigenvalue weighted by atomic mass is 32.2. The van der Waals surface area contributed by atoms with E-state index in [-0.39, 0.29) is 11.8 Å². The number of anilines is 1. The fourth-order valence-corrected chi connectivity index (χ4v) is 5.12. The quantitative estimate of drug-likeness (QED) is 0.425. The third-order valence-corrected chi connectivity index (χ3v) is 7.39. The average Bonchev–Trinajstić information content (AvgIpc) is 2.82. The number of likely N-dealkylation sites (tertiary alicyclic amines) is 1. The van der Waals surface area contributed by atoms with Crippen LogP contribution >= 0.6 is 11.8 Å². The highest BCUT2D eigenvalue weighted by molar-refractivity contribution is 7.98. The molecule has 0 aliphatic carbocycles. The topological polar surface area (TPSA) is 32.3 Å². The predicted molar refractivity (Wildman–Crippen MR) is 135 cm³/mol. The van der Waals surface area contributed by atoms with E-state index < -0.39 is 0 Å². The summed E-state index contributed by atoms with van der Waals surface area (Å²) in [5.74, 6) is 1.18. The minimum Gasteiger partial charge on any atom is -0.326 e. The zero-order valence-electron chi connectivity index (χ0n) is 19.0. The van der Waals surface area contributed by atoms with Crippen LogP contribution in [0.2, 0.25) is 0 Å². The summed E-state index contributed by atoms with van der Waals surface area (Å²) >= 11 is 1.83. The molecule has 1 aliphatic heterocycles. The Hall–Kier alpha value is -2.56. The van der Waals surface area contributed by atoms with Crippen molar-refractivity contribution in [2.45, 2.75) is 43.9 Å². The van der Waals surface area contributed by atoms with E-state index in [4.69, 9.17) is 0 Å². The number of hydrogen-bond donors (Lipinski definition) is 1. The lowest BCUT2D eigenvalue weighted by molar-refractivity contribution is -0.121. The standard InChI is InChI=1S/C28H32N2OS/c1-21-8-6-7-9-25(21)19-30-16-14-24(15-17-30)28(31)29-27-13-12-23(18-22(27)2)20-32-26-10-4-3-5-11-26/h3-13,18,24H,14-17,19-20H2,1-2H3,(H,29,31). The number of hydrogen-bond acceptors (Lipinski definition) is 3. The summed E-state index contributed by atoms with van der Waals surface area (Å²) in [6.07, 6.45) is 1.84. The van der Waals surface area contributed by atoms with Gasteiger partial charge in [0.25, 0.3) is 0 Å². The van der Waals surface area contributed by atoms with Gasteiger partial charge in [0, 0.05) is 28.8 Å². The second kappa shape index (κ2) is 10.8. The van der Waals surface area contributed by atoms with E-state index in [9.17, 15) is 4.79 Å². The van der Waals surface area contributed by atoms with Crippen LogP contribution in [0.25, 0.3) is 0 Å². The van der Waals surface area contributed by atoms with Gasteiger partial charge in [-0.25, -0.2) is 0 Å². The highest BCUT2D eigenvalue weighted by Crippen LogP contribution is 2.26. The smallest absolute Gasteiger partial charge is 0.227 e. The molecule has 0 atom stereocenters. The summed E-state index contributed by atoms with van der Waals surface area (Å²) in [7, 11) is 0. The Bertz CT molecular complexity index is 1040. The first kappa shape index (κ1) is 22.6. The number of thioether (sulfide) groups is 1. The molecule has 1 aliphatic rings. The molecule has 4 rings (SSSR count). The van der Waals surface area contributed by atoms with E-state index in [1.807, 2.05) is 17.8 Å². The monoisotopic (exact) mass is 444 g/mol. The SMILES string of the molecule is Cc1ccccc1CN1CCC(C(=O)Nc2ccc(CSc3ccccc3)cc2C)CC1. The Balaban J connectivity index is 1.27. The van der Waals surface area contributed by atoms with E-state index in [1.54, 1.807) is 0 Å². The van der Waals surface area contributed by atoms with Gasteiger partial charge < -0.3 is 5.32 Å². The van der Waals surface area contributed by atoms with E-state index in [2.05, 4.69) is 90.8 Å². The van der Waals surface area contributed by atoms with Gasteiger partial charge in [-0.2, -0.15) is 0 Å². The largest absolute Gasteiger partial charge is 0.326 e. The van der Waals surface area contributed by atoms with Crippen molar-refractivity contribution in [3.63, 3.8) is 0 Å². The van der Waals surface area contributed by atoms with Gasteiger partial charge in [-0.3, -0.25) is 9.69 Å². The van der Waals surface area contributed by atoms with Gasteiger partial charge in [0.05, 0.1) is 0 Å². The van der Waals surface area contributed by atoms with Crippen molar-refractivity contribution >= 4 is 23.4 Å². The predicted octanol–water partition coefficient (Wildman–Crippen LogP) is 6.45. The molecule has 0 spiro atoms. The number of piperidine rings is 1. The molecular weight excluding hydrogens is 412 g/mol. The molecule has 1 fully saturated rings. The first-order valence-corrected chi connectivity index (χ1v) is 12.4. The minimum absolute atomic E-state index is 0.0934. The second-order valence-corrected chi connectivity index (χ2v) is 9.77. The van der Waals surface area contributed by atoms with Crippen molar-refractivity contribution in [1.82, 2.24) is 4.90 Å². The van der Waals surface area contributed by atoms with Crippen LogP contribution in [-0.2, 0) is 17.1 Å². The molecule has 1 heterocycles. The van der Waals surface area contributed by atoms with Gasteiger partial charge in [0.2, 0.25) is 5.91 Å². The zero-order chi connectivity index (χ0) is 22.3. The summed E-state index contributed by atoms with van der Waals surface area (Å²) in [6, 6.07) is 25.4. The van der Waals surface area contributed by atoms with Crippen LogP contribution in [-0.4, -0.2) is 23.9 Å². The van der Waals surface area contributed by atoms with Crippen LogP contribution < -0.4 is 5.32 Å². The summed E-state index contributed by atoms with van der Waals surface area (Å²) in [5, 5.41) is 3.19. The Morgan fingerprint density at radius 1 is 0.938 bits per heavy atom. The number of nitrogens with one attached hydrogen (secondary N) is 1. The molecule has 0 radical (unpaired) electrons. The first-order valence-electron chi connectivity index (χ1n) is 11.4. The molecule has 0 aromatic heterocycles. The number of carbonyl (C=O) groups is 1. The maximum absolute atomic E-state index is 12.9. The van der Waals surface area contributed by atoms with E-state index in [0.29, 0.717) is 0 Å². The lowest BCUT2D eigenvalue weighted by atomic mass is 9.95. The molecule has 3 nitrogen and oxygen atoms in total. The molecule has 1 saturated heterocycles. The Morgan fingerprint density at radius 3 is 2.38 bits per heavy atom. The van der Waals surface area contributed by atoms with Gasteiger partial charge >= 0.3 is 0 Å². The number of carbonyl (C=O) groups excluding carboxylic acids is 1. The maximum atomic E-state index is 12.9. The summed E-state index contributed by atoms with van der Waals surface area (Å²) in [5.41, 5.74) is 6.07. The molecule has 1 N–H and O–H groups in total. The highest BCUT2D eigenvalue weighted by Gasteiger charge is 2.25. The van der Waals surface area contributed by atoms with E-state index >= 15 is 0 Å². The van der Waals surface area contributed by atoms with Crippen molar-refractivity contribution in [3.8, 4) is 0 Å². The third-order valence-electron chi connectivity index (χ3n) is 6.31. The molecule has 3 aromatic carbocycles. The van der Waals surface area contributed by atoms with Gasteiger partial charge in [-0.1, -0.05) is 54.6 Å². The van der Waals surface area contributed by atoms with Crippen molar-refractivity contribution in [2.24, 2.45) is 5.92 Å². The van der Waals surface area contributed by atoms with Crippen LogP contribution in [0.1, 0.15) is 35.1 Å². The van der Waals surface area contributed by atoms with Gasteiger partial charge in [-0.05, 0) is 80.2 Å². The first-order chi connectivity index (χ1) is 15.6. The van der Waals surface area contributed by atoms with Crippen molar-refractivity contribution in [3.05, 3.63) is 95.1 Å². The van der Waals surface area contributed by atoms with Gasteiger partial charge in [0.15, 0.2) is 0 Å². The van der Waals surface area contributed by atoms with Crippen LogP contribution in [0.5, 0.6) is 0 Å². The molecular formula is C28H32N2OS. The van der Waals surface area contributed by atoms with Crippen molar-refractivity contribution in [1.29, 1.82) is 0 Å². The average molecular weight is 445 g/mol. The summed E-state index contributed by atoms with van der Waals surface area (Å²) in [6.45, 7) is 7.17. The van der Waals surface area contributed by atoms with Crippen LogP contribution in [0, 0.1) is 19.8 Å². The summed E-state index contributed by atoms with van der Waals surface area (Å²) in [4.78, 5) is 16.6. The van der Waals surface area contributed by atoms with Crippen molar-refractivity contribution < 1.29 is 4.79 Å². The number of benzene rings is 3. The number of rotatable bonds is 7. The minimum atomic E-state index is 0.0934. The number of nitrogens with zero attached hydrogens (tertiary/aromatic N) is 1. The Morgan fingerprint density at radius 2 is 1.66 bits per heavy atom. The van der Waals surface area contributed by atoms with E-state index in [0.717, 1.165) is 49.5 Å². The maximum Gasteiger partial charge on any atom is 0.227 e. The van der Waals surface area contributed by atoms with Crippen LogP contribution in [0.3, 0.4) is 0 Å². The molecule has 0 unspecified atom stereocenters. The molecule has 3 aromatic rings. The number of amides is 1. The lowest BCUT2D eigenvalue weighted by Gasteiger charge is -2.31. The molecule has 4 heteroatoms. The number of aryl methyl sites for hydroxylation is 2. The zero-order valence-corrected chi connectivity index (χ0v) is 19.8.